The molecule has 0 bridgehead atoms. The Hall–Kier alpha value is -1.75. The van der Waals surface area contributed by atoms with E-state index in [9.17, 15) is 4.79 Å². The Bertz CT molecular complexity index is 484. The monoisotopic (exact) mass is 276 g/mol. The zero-order valence-electron chi connectivity index (χ0n) is 11.9. The second-order valence-corrected chi connectivity index (χ2v) is 5.49. The average Bonchev–Trinajstić information content (AvgIpc) is 3.07. The van der Waals surface area contributed by atoms with E-state index in [1.54, 1.807) is 32.4 Å². The summed E-state index contributed by atoms with van der Waals surface area (Å²) in [4.78, 5) is 14.6. The third-order valence-electron chi connectivity index (χ3n) is 4.28. The highest BCUT2D eigenvalue weighted by molar-refractivity contribution is 5.95. The molecule has 0 aromatic heterocycles. The minimum absolute atomic E-state index is 0.0663. The topological polar surface area (TPSA) is 50.8 Å². The lowest BCUT2D eigenvalue weighted by atomic mass is 10.0. The van der Waals surface area contributed by atoms with E-state index in [2.05, 4.69) is 5.32 Å². The van der Waals surface area contributed by atoms with Crippen LogP contribution in [0.5, 0.6) is 11.5 Å². The number of fused-ring (bicyclic) bond motifs is 1. The molecule has 5 heteroatoms. The summed E-state index contributed by atoms with van der Waals surface area (Å²) in [6, 6.07) is 5.33. The van der Waals surface area contributed by atoms with Crippen LogP contribution < -0.4 is 14.8 Å². The van der Waals surface area contributed by atoms with Crippen molar-refractivity contribution >= 4 is 5.91 Å². The molecule has 3 rings (SSSR count). The molecule has 2 aliphatic rings. The predicted octanol–water partition coefficient (Wildman–Crippen LogP) is 0.995. The smallest absolute Gasteiger partial charge is 0.254 e. The molecule has 108 valence electrons. The summed E-state index contributed by atoms with van der Waals surface area (Å²) in [7, 11) is 3.18. The van der Waals surface area contributed by atoms with Gasteiger partial charge in [-0.2, -0.15) is 0 Å². The highest BCUT2D eigenvalue weighted by atomic mass is 16.5. The van der Waals surface area contributed by atoms with Crippen molar-refractivity contribution in [3.63, 3.8) is 0 Å². The number of methoxy groups -OCH3 is 2. The number of hydrogen-bond acceptors (Lipinski definition) is 4. The van der Waals surface area contributed by atoms with Crippen LogP contribution in [0, 0.1) is 11.8 Å². The van der Waals surface area contributed by atoms with Crippen LogP contribution in [0.3, 0.4) is 0 Å². The van der Waals surface area contributed by atoms with Crippen molar-refractivity contribution in [1.82, 2.24) is 10.2 Å². The largest absolute Gasteiger partial charge is 0.497 e. The molecule has 0 saturated carbocycles. The summed E-state index contributed by atoms with van der Waals surface area (Å²) in [5.41, 5.74) is 0.633. The van der Waals surface area contributed by atoms with Crippen molar-refractivity contribution in [3.8, 4) is 11.5 Å². The SMILES string of the molecule is COc1cc(OC)cc(C(=O)N2C[C@H]3CNC[C@H]3C2)c1. The quantitative estimate of drug-likeness (QED) is 0.894. The van der Waals surface area contributed by atoms with Gasteiger partial charge in [-0.15, -0.1) is 0 Å². The molecule has 5 nitrogen and oxygen atoms in total. The van der Waals surface area contributed by atoms with Gasteiger partial charge in [0.05, 0.1) is 14.2 Å². The molecule has 0 radical (unpaired) electrons. The summed E-state index contributed by atoms with van der Waals surface area (Å²) in [5.74, 6) is 2.57. The van der Waals surface area contributed by atoms with Crippen LogP contribution in [-0.2, 0) is 0 Å². The van der Waals surface area contributed by atoms with E-state index in [0.29, 0.717) is 28.9 Å². The van der Waals surface area contributed by atoms with Gasteiger partial charge in [0.25, 0.3) is 5.91 Å². The van der Waals surface area contributed by atoms with Gasteiger partial charge in [-0.1, -0.05) is 0 Å². The van der Waals surface area contributed by atoms with E-state index in [-0.39, 0.29) is 5.91 Å². The maximum Gasteiger partial charge on any atom is 0.254 e. The minimum Gasteiger partial charge on any atom is -0.497 e. The van der Waals surface area contributed by atoms with E-state index >= 15 is 0 Å². The summed E-state index contributed by atoms with van der Waals surface area (Å²) < 4.78 is 10.4. The zero-order valence-corrected chi connectivity index (χ0v) is 11.9. The van der Waals surface area contributed by atoms with Crippen LogP contribution in [0.15, 0.2) is 18.2 Å². The molecule has 2 heterocycles. The van der Waals surface area contributed by atoms with Crippen molar-refractivity contribution in [2.75, 3.05) is 40.4 Å². The first-order valence-electron chi connectivity index (χ1n) is 6.94. The van der Waals surface area contributed by atoms with E-state index < -0.39 is 0 Å². The second-order valence-electron chi connectivity index (χ2n) is 5.49. The molecule has 2 saturated heterocycles. The van der Waals surface area contributed by atoms with Gasteiger partial charge in [0.15, 0.2) is 0 Å². The van der Waals surface area contributed by atoms with Crippen molar-refractivity contribution in [2.45, 2.75) is 0 Å². The highest BCUT2D eigenvalue weighted by Gasteiger charge is 2.38. The van der Waals surface area contributed by atoms with Crippen molar-refractivity contribution in [2.24, 2.45) is 11.8 Å². The Labute approximate surface area is 118 Å². The zero-order chi connectivity index (χ0) is 14.1. The van der Waals surface area contributed by atoms with E-state index in [1.165, 1.54) is 0 Å². The second kappa shape index (κ2) is 5.32. The molecule has 2 atom stereocenters. The third kappa shape index (κ3) is 2.33. The third-order valence-corrected chi connectivity index (χ3v) is 4.28. The standard InChI is InChI=1S/C15H20N2O3/c1-19-13-3-10(4-14(5-13)20-2)15(18)17-8-11-6-16-7-12(11)9-17/h3-5,11-12,16H,6-9H2,1-2H3/t11-,12+. The number of carbonyl (C=O) groups is 1. The van der Waals surface area contributed by atoms with Crippen molar-refractivity contribution in [3.05, 3.63) is 23.8 Å². The Morgan fingerprint density at radius 3 is 2.15 bits per heavy atom. The van der Waals surface area contributed by atoms with Crippen LogP contribution in [0.4, 0.5) is 0 Å². The van der Waals surface area contributed by atoms with Crippen LogP contribution in [0.1, 0.15) is 10.4 Å². The molecule has 1 aromatic rings. The van der Waals surface area contributed by atoms with Crippen LogP contribution >= 0.6 is 0 Å². The fraction of sp³-hybridized carbons (Fsp3) is 0.533. The highest BCUT2D eigenvalue weighted by Crippen LogP contribution is 2.29. The summed E-state index contributed by atoms with van der Waals surface area (Å²) in [6.07, 6.45) is 0. The number of likely N-dealkylation sites (tertiary alicyclic amines) is 1. The summed E-state index contributed by atoms with van der Waals surface area (Å²) >= 11 is 0. The van der Waals surface area contributed by atoms with Gasteiger partial charge in [-0.05, 0) is 24.0 Å². The number of carbonyl (C=O) groups excluding carboxylic acids is 1. The number of hydrogen-bond donors (Lipinski definition) is 1. The minimum atomic E-state index is 0.0663. The van der Waals surface area contributed by atoms with Gasteiger partial charge >= 0.3 is 0 Å². The van der Waals surface area contributed by atoms with Gasteiger partial charge in [0.2, 0.25) is 0 Å². The Balaban J connectivity index is 1.80. The molecule has 2 fully saturated rings. The molecule has 20 heavy (non-hydrogen) atoms. The number of benzene rings is 1. The number of nitrogens with zero attached hydrogens (tertiary/aromatic N) is 1. The van der Waals surface area contributed by atoms with Gasteiger partial charge in [0.1, 0.15) is 11.5 Å². The molecule has 0 spiro atoms. The van der Waals surface area contributed by atoms with Gasteiger partial charge in [0, 0.05) is 37.8 Å². The number of rotatable bonds is 3. The maximum absolute atomic E-state index is 12.6. The van der Waals surface area contributed by atoms with Gasteiger partial charge < -0.3 is 19.7 Å². The van der Waals surface area contributed by atoms with Crippen LogP contribution in [0.25, 0.3) is 0 Å². The first-order valence-corrected chi connectivity index (χ1v) is 6.94. The lowest BCUT2D eigenvalue weighted by Crippen LogP contribution is -2.31. The number of nitrogens with one attached hydrogen (secondary N) is 1. The van der Waals surface area contributed by atoms with Crippen LogP contribution in [0.2, 0.25) is 0 Å². The van der Waals surface area contributed by atoms with Gasteiger partial charge in [-0.3, -0.25) is 4.79 Å². The first-order chi connectivity index (χ1) is 9.71. The fourth-order valence-electron chi connectivity index (χ4n) is 3.13. The van der Waals surface area contributed by atoms with E-state index in [4.69, 9.17) is 9.47 Å². The first kappa shape index (κ1) is 13.2. The molecular weight excluding hydrogens is 256 g/mol. The molecule has 2 aliphatic heterocycles. The summed E-state index contributed by atoms with van der Waals surface area (Å²) in [6.45, 7) is 3.73. The molecule has 1 amide bonds. The normalized spacial score (nSPS) is 24.6. The average molecular weight is 276 g/mol. The molecule has 0 unspecified atom stereocenters. The Morgan fingerprint density at radius 2 is 1.65 bits per heavy atom. The van der Waals surface area contributed by atoms with E-state index in [0.717, 1.165) is 26.2 Å². The van der Waals surface area contributed by atoms with Crippen molar-refractivity contribution in [1.29, 1.82) is 0 Å². The predicted molar refractivity (Wildman–Crippen MR) is 75.3 cm³/mol. The lowest BCUT2D eigenvalue weighted by Gasteiger charge is -2.18. The molecular formula is C15H20N2O3. The Morgan fingerprint density at radius 1 is 1.10 bits per heavy atom. The fourth-order valence-corrected chi connectivity index (χ4v) is 3.13. The summed E-state index contributed by atoms with van der Waals surface area (Å²) in [5, 5.41) is 3.38. The number of amides is 1. The Kier molecular flexibility index (Phi) is 3.53. The molecule has 1 N–H and O–H groups in total. The van der Waals surface area contributed by atoms with E-state index in [1.807, 2.05) is 4.90 Å². The number of ether oxygens (including phenoxy) is 2. The molecule has 0 aliphatic carbocycles. The maximum atomic E-state index is 12.6. The van der Waals surface area contributed by atoms with Crippen molar-refractivity contribution < 1.29 is 14.3 Å². The van der Waals surface area contributed by atoms with Gasteiger partial charge in [-0.25, -0.2) is 0 Å². The lowest BCUT2D eigenvalue weighted by molar-refractivity contribution is 0.0781. The van der Waals surface area contributed by atoms with Crippen LogP contribution in [-0.4, -0.2) is 51.2 Å². The molecule has 1 aromatic carbocycles.